The standard InChI is InChI=1S/C13H10ClF3N2O3S/c1-2-21-23-22-9-5-7(13(15,16)17)6-18-11(9)8-3-4-10(14)19-12(8)20/h3-6H,2H2,1H3,(H,19,20). The molecular formula is C13H10ClF3N2O3S. The van der Waals surface area contributed by atoms with E-state index in [4.69, 9.17) is 20.0 Å². The maximum absolute atomic E-state index is 12.8. The summed E-state index contributed by atoms with van der Waals surface area (Å²) in [5.74, 6) is -0.244. The van der Waals surface area contributed by atoms with Crippen LogP contribution in [0, 0.1) is 0 Å². The summed E-state index contributed by atoms with van der Waals surface area (Å²) < 4.78 is 48.4. The summed E-state index contributed by atoms with van der Waals surface area (Å²) in [4.78, 5) is 17.9. The molecule has 0 aliphatic carbocycles. The van der Waals surface area contributed by atoms with E-state index < -0.39 is 17.3 Å². The van der Waals surface area contributed by atoms with Crippen molar-refractivity contribution in [3.05, 3.63) is 45.5 Å². The van der Waals surface area contributed by atoms with Crippen LogP contribution in [0.4, 0.5) is 13.2 Å². The minimum atomic E-state index is -4.59. The molecule has 0 aromatic carbocycles. The Balaban J connectivity index is 2.50. The van der Waals surface area contributed by atoms with E-state index in [1.807, 2.05) is 0 Å². The Labute approximate surface area is 138 Å². The molecule has 5 nitrogen and oxygen atoms in total. The normalized spacial score (nSPS) is 11.5. The van der Waals surface area contributed by atoms with Gasteiger partial charge in [0.1, 0.15) is 10.8 Å². The van der Waals surface area contributed by atoms with Gasteiger partial charge >= 0.3 is 6.18 Å². The topological polar surface area (TPSA) is 64.2 Å². The van der Waals surface area contributed by atoms with E-state index in [-0.39, 0.29) is 28.8 Å². The summed E-state index contributed by atoms with van der Waals surface area (Å²) in [6.45, 7) is 1.97. The summed E-state index contributed by atoms with van der Waals surface area (Å²) in [6.07, 6.45) is -3.96. The van der Waals surface area contributed by atoms with Crippen LogP contribution in [-0.4, -0.2) is 16.6 Å². The summed E-state index contributed by atoms with van der Waals surface area (Å²) in [6, 6.07) is 3.48. The van der Waals surface area contributed by atoms with Gasteiger partial charge in [-0.1, -0.05) is 11.6 Å². The first kappa shape index (κ1) is 17.6. The molecule has 0 saturated carbocycles. The SMILES string of the molecule is CCOSOc1cc(C(F)(F)F)cnc1-c1ccc(Cl)[nH]c1=O. The Morgan fingerprint density at radius 2 is 2.13 bits per heavy atom. The molecule has 124 valence electrons. The smallest absolute Gasteiger partial charge is 0.398 e. The van der Waals surface area contributed by atoms with Crippen LogP contribution >= 0.6 is 23.9 Å². The average molecular weight is 367 g/mol. The lowest BCUT2D eigenvalue weighted by molar-refractivity contribution is -0.137. The highest BCUT2D eigenvalue weighted by Crippen LogP contribution is 2.36. The number of alkyl halides is 3. The Morgan fingerprint density at radius 3 is 2.74 bits per heavy atom. The van der Waals surface area contributed by atoms with E-state index in [2.05, 4.69) is 9.97 Å². The fourth-order valence-electron chi connectivity index (χ4n) is 1.61. The van der Waals surface area contributed by atoms with Crippen LogP contribution in [0.3, 0.4) is 0 Å². The number of H-pyrrole nitrogens is 1. The molecule has 0 fully saturated rings. The van der Waals surface area contributed by atoms with Crippen molar-refractivity contribution >= 4 is 23.9 Å². The van der Waals surface area contributed by atoms with Crippen LogP contribution in [-0.2, 0) is 10.4 Å². The van der Waals surface area contributed by atoms with Crippen molar-refractivity contribution in [1.29, 1.82) is 0 Å². The number of aromatic amines is 1. The molecule has 0 aliphatic rings. The van der Waals surface area contributed by atoms with E-state index in [1.165, 1.54) is 12.1 Å². The maximum atomic E-state index is 12.8. The zero-order valence-corrected chi connectivity index (χ0v) is 13.2. The molecule has 0 aliphatic heterocycles. The number of aromatic nitrogens is 2. The van der Waals surface area contributed by atoms with Crippen molar-refractivity contribution in [2.24, 2.45) is 0 Å². The Kier molecular flexibility index (Phi) is 5.55. The fraction of sp³-hybridized carbons (Fsp3) is 0.231. The zero-order chi connectivity index (χ0) is 17.0. The summed E-state index contributed by atoms with van der Waals surface area (Å²) in [5, 5.41) is 0.0943. The predicted molar refractivity (Wildman–Crippen MR) is 80.2 cm³/mol. The van der Waals surface area contributed by atoms with Crippen LogP contribution in [0.1, 0.15) is 12.5 Å². The van der Waals surface area contributed by atoms with Crippen molar-refractivity contribution in [2.75, 3.05) is 6.61 Å². The van der Waals surface area contributed by atoms with Gasteiger partial charge in [0, 0.05) is 6.20 Å². The number of rotatable bonds is 5. The van der Waals surface area contributed by atoms with Gasteiger partial charge in [0.15, 0.2) is 5.75 Å². The molecule has 10 heteroatoms. The second-order valence-electron chi connectivity index (χ2n) is 4.18. The van der Waals surface area contributed by atoms with E-state index >= 15 is 0 Å². The third-order valence-electron chi connectivity index (χ3n) is 2.60. The quantitative estimate of drug-likeness (QED) is 0.490. The van der Waals surface area contributed by atoms with E-state index in [0.29, 0.717) is 18.5 Å². The van der Waals surface area contributed by atoms with Gasteiger partial charge < -0.3 is 9.17 Å². The number of nitrogens with one attached hydrogen (secondary N) is 1. The lowest BCUT2D eigenvalue weighted by Gasteiger charge is -2.12. The monoisotopic (exact) mass is 366 g/mol. The summed E-state index contributed by atoms with van der Waals surface area (Å²) in [5.41, 5.74) is -1.63. The lowest BCUT2D eigenvalue weighted by atomic mass is 10.1. The number of pyridine rings is 2. The molecule has 0 atom stereocenters. The molecule has 0 radical (unpaired) electrons. The highest BCUT2D eigenvalue weighted by molar-refractivity contribution is 7.90. The minimum Gasteiger partial charge on any atom is -0.398 e. The van der Waals surface area contributed by atoms with Crippen molar-refractivity contribution in [2.45, 2.75) is 13.1 Å². The lowest BCUT2D eigenvalue weighted by Crippen LogP contribution is -2.11. The fourth-order valence-corrected chi connectivity index (χ4v) is 2.10. The second-order valence-corrected chi connectivity index (χ2v) is 5.12. The van der Waals surface area contributed by atoms with E-state index in [9.17, 15) is 18.0 Å². The molecule has 2 aromatic rings. The highest BCUT2D eigenvalue weighted by atomic mass is 35.5. The van der Waals surface area contributed by atoms with E-state index in [0.717, 1.165) is 6.07 Å². The molecule has 0 saturated heterocycles. The van der Waals surface area contributed by atoms with Crippen LogP contribution in [0.15, 0.2) is 29.2 Å². The molecule has 0 bridgehead atoms. The number of hydrogen-bond donors (Lipinski definition) is 1. The number of nitrogens with zero attached hydrogens (tertiary/aromatic N) is 1. The van der Waals surface area contributed by atoms with Crippen molar-refractivity contribution < 1.29 is 21.5 Å². The molecule has 23 heavy (non-hydrogen) atoms. The average Bonchev–Trinajstić information content (AvgIpc) is 2.47. The molecule has 2 heterocycles. The molecule has 1 N–H and O–H groups in total. The van der Waals surface area contributed by atoms with Crippen LogP contribution in [0.25, 0.3) is 11.3 Å². The van der Waals surface area contributed by atoms with Gasteiger partial charge in [0.2, 0.25) is 12.3 Å². The summed E-state index contributed by atoms with van der Waals surface area (Å²) >= 11 is 6.15. The van der Waals surface area contributed by atoms with Gasteiger partial charge in [0.25, 0.3) is 5.56 Å². The van der Waals surface area contributed by atoms with Gasteiger partial charge in [-0.2, -0.15) is 13.2 Å². The zero-order valence-electron chi connectivity index (χ0n) is 11.6. The minimum absolute atomic E-state index is 0.0234. The third kappa shape index (κ3) is 4.40. The number of hydrogen-bond acceptors (Lipinski definition) is 5. The first-order valence-corrected chi connectivity index (χ1v) is 7.30. The van der Waals surface area contributed by atoms with Crippen LogP contribution < -0.4 is 9.74 Å². The molecule has 2 aromatic heterocycles. The molecule has 0 amide bonds. The first-order valence-electron chi connectivity index (χ1n) is 6.25. The Morgan fingerprint density at radius 1 is 1.39 bits per heavy atom. The van der Waals surface area contributed by atoms with Gasteiger partial charge in [-0.25, -0.2) is 0 Å². The molecule has 0 unspecified atom stereocenters. The van der Waals surface area contributed by atoms with Gasteiger partial charge in [-0.05, 0) is 25.1 Å². The summed E-state index contributed by atoms with van der Waals surface area (Å²) in [7, 11) is 0. The third-order valence-corrected chi connectivity index (χ3v) is 3.40. The van der Waals surface area contributed by atoms with Gasteiger partial charge in [0.05, 0.1) is 17.7 Å². The largest absolute Gasteiger partial charge is 0.418 e. The predicted octanol–water partition coefficient (Wildman–Crippen LogP) is 4.09. The van der Waals surface area contributed by atoms with Crippen molar-refractivity contribution in [3.8, 4) is 17.0 Å². The van der Waals surface area contributed by atoms with E-state index in [1.54, 1.807) is 6.92 Å². The van der Waals surface area contributed by atoms with Crippen molar-refractivity contribution in [3.63, 3.8) is 0 Å². The van der Waals surface area contributed by atoms with Crippen LogP contribution in [0.2, 0.25) is 5.15 Å². The first-order chi connectivity index (χ1) is 10.8. The van der Waals surface area contributed by atoms with Gasteiger partial charge in [-0.15, -0.1) is 0 Å². The highest BCUT2D eigenvalue weighted by Gasteiger charge is 2.32. The molecule has 0 spiro atoms. The Bertz CT molecular complexity index is 752. The van der Waals surface area contributed by atoms with Crippen molar-refractivity contribution in [1.82, 2.24) is 9.97 Å². The molecular weight excluding hydrogens is 357 g/mol. The number of halogens is 4. The molecule has 2 rings (SSSR count). The second kappa shape index (κ2) is 7.24. The van der Waals surface area contributed by atoms with Gasteiger partial charge in [-0.3, -0.25) is 14.0 Å². The van der Waals surface area contributed by atoms with Crippen LogP contribution in [0.5, 0.6) is 5.75 Å². The Hall–Kier alpha value is -1.71. The maximum Gasteiger partial charge on any atom is 0.418 e.